The number of halogens is 6. The molecule has 0 amide bonds. The summed E-state index contributed by atoms with van der Waals surface area (Å²) in [5.74, 6) is 0. The summed E-state index contributed by atoms with van der Waals surface area (Å²) in [6.07, 6.45) is 15.7. The SMILES string of the molecule is C(=C\c1cc[n+](Cc2ccc(-c3ccncc3)cc2)cc1)/c1ccncc1.F[P-](F)(F)(F)(F)F. The molecule has 4 rings (SSSR count). The number of aromatic nitrogens is 3. The van der Waals surface area contributed by atoms with E-state index in [1.807, 2.05) is 36.7 Å². The molecular weight excluding hydrogens is 475 g/mol. The maximum absolute atomic E-state index is 10.7. The van der Waals surface area contributed by atoms with E-state index >= 15 is 0 Å². The number of rotatable bonds is 5. The molecule has 0 aliphatic rings. The number of nitrogens with zero attached hydrogens (tertiary/aromatic N) is 3. The molecule has 0 bridgehead atoms. The molecule has 4 aromatic rings. The first kappa shape index (κ1) is 25.1. The van der Waals surface area contributed by atoms with Crippen molar-refractivity contribution in [2.75, 3.05) is 0 Å². The first-order valence-corrected chi connectivity index (χ1v) is 12.0. The molecular formula is C24H20F6N3P. The van der Waals surface area contributed by atoms with Crippen molar-refractivity contribution < 1.29 is 29.7 Å². The molecule has 34 heavy (non-hydrogen) atoms. The van der Waals surface area contributed by atoms with Gasteiger partial charge in [-0.15, -0.1) is 0 Å². The van der Waals surface area contributed by atoms with E-state index in [0.29, 0.717) is 0 Å². The van der Waals surface area contributed by atoms with E-state index in [1.54, 1.807) is 12.4 Å². The van der Waals surface area contributed by atoms with Gasteiger partial charge in [-0.05, 0) is 46.5 Å². The summed E-state index contributed by atoms with van der Waals surface area (Å²) >= 11 is 0. The van der Waals surface area contributed by atoms with Crippen molar-refractivity contribution >= 4 is 20.0 Å². The van der Waals surface area contributed by atoms with E-state index in [0.717, 1.165) is 12.1 Å². The quantitative estimate of drug-likeness (QED) is 0.159. The maximum atomic E-state index is 9.87. The Bertz CT molecular complexity index is 1220. The van der Waals surface area contributed by atoms with Crippen LogP contribution in [0.3, 0.4) is 0 Å². The summed E-state index contributed by atoms with van der Waals surface area (Å²) in [5.41, 5.74) is 6.00. The molecule has 0 saturated heterocycles. The van der Waals surface area contributed by atoms with Crippen LogP contribution in [-0.2, 0) is 6.54 Å². The van der Waals surface area contributed by atoms with Gasteiger partial charge in [-0.3, -0.25) is 9.97 Å². The average Bonchev–Trinajstić information content (AvgIpc) is 2.78. The van der Waals surface area contributed by atoms with E-state index in [1.165, 1.54) is 22.3 Å². The van der Waals surface area contributed by atoms with Crippen molar-refractivity contribution in [3.8, 4) is 11.1 Å². The van der Waals surface area contributed by atoms with E-state index in [9.17, 15) is 25.2 Å². The Morgan fingerprint density at radius 2 is 1.00 bits per heavy atom. The average molecular weight is 495 g/mol. The molecule has 0 aliphatic carbocycles. The Balaban J connectivity index is 0.000000406. The molecule has 0 radical (unpaired) electrons. The van der Waals surface area contributed by atoms with Crippen LogP contribution in [0.4, 0.5) is 25.2 Å². The summed E-state index contributed by atoms with van der Waals surface area (Å²) in [6, 6.07) is 21.0. The van der Waals surface area contributed by atoms with Crippen LogP contribution in [0, 0.1) is 0 Å². The van der Waals surface area contributed by atoms with Gasteiger partial charge in [0.1, 0.15) is 0 Å². The van der Waals surface area contributed by atoms with Crippen LogP contribution in [0.2, 0.25) is 0 Å². The standard InChI is InChI=1S/C24H20N3.F6P/c1(20-7-13-25-14-8-20)2-21-11-17-27(18-12-21)19-22-3-5-23(6-4-22)24-9-15-26-16-10-24;1-7(2,3,4,5)6/h1-18H,19H2;/q+1;-1/b2-1+;. The van der Waals surface area contributed by atoms with Gasteiger partial charge in [0.2, 0.25) is 0 Å². The number of hydrogen-bond acceptors (Lipinski definition) is 2. The molecule has 0 aliphatic heterocycles. The summed E-state index contributed by atoms with van der Waals surface area (Å²) in [6.45, 7) is 0.852. The first-order valence-electron chi connectivity index (χ1n) is 9.95. The van der Waals surface area contributed by atoms with Gasteiger partial charge in [0, 0.05) is 42.5 Å². The molecule has 0 saturated carbocycles. The third-order valence-electron chi connectivity index (χ3n) is 4.42. The second kappa shape index (κ2) is 9.35. The second-order valence-electron chi connectivity index (χ2n) is 7.31. The molecule has 1 aromatic carbocycles. The molecule has 0 unspecified atom stereocenters. The fourth-order valence-corrected chi connectivity index (χ4v) is 2.91. The van der Waals surface area contributed by atoms with Crippen LogP contribution in [0.25, 0.3) is 23.3 Å². The summed E-state index contributed by atoms with van der Waals surface area (Å²) in [7, 11) is -10.7. The molecule has 3 aromatic heterocycles. The first-order chi connectivity index (χ1) is 15.8. The fraction of sp³-hybridized carbons (Fsp3) is 0.0417. The number of hydrogen-bond donors (Lipinski definition) is 0. The van der Waals surface area contributed by atoms with Gasteiger partial charge >= 0.3 is 33.0 Å². The Morgan fingerprint density at radius 3 is 1.50 bits per heavy atom. The van der Waals surface area contributed by atoms with E-state index in [4.69, 9.17) is 0 Å². The predicted octanol–water partition coefficient (Wildman–Crippen LogP) is 8.03. The predicted molar refractivity (Wildman–Crippen MR) is 122 cm³/mol. The van der Waals surface area contributed by atoms with E-state index in [-0.39, 0.29) is 0 Å². The van der Waals surface area contributed by atoms with Gasteiger partial charge in [0.15, 0.2) is 18.9 Å². The molecule has 0 N–H and O–H groups in total. The normalized spacial score (nSPS) is 13.5. The molecule has 10 heteroatoms. The third-order valence-corrected chi connectivity index (χ3v) is 4.42. The Labute approximate surface area is 192 Å². The summed E-state index contributed by atoms with van der Waals surface area (Å²) in [5, 5.41) is 0. The van der Waals surface area contributed by atoms with Crippen LogP contribution in [0.15, 0.2) is 97.8 Å². The molecule has 3 nitrogen and oxygen atoms in total. The Hall–Kier alpha value is -3.58. The summed E-state index contributed by atoms with van der Waals surface area (Å²) < 4.78 is 61.4. The minimum absolute atomic E-state index is 0.852. The van der Waals surface area contributed by atoms with Crippen LogP contribution in [0.1, 0.15) is 16.7 Å². The van der Waals surface area contributed by atoms with Gasteiger partial charge in [-0.1, -0.05) is 36.4 Å². The van der Waals surface area contributed by atoms with Gasteiger partial charge in [-0.25, -0.2) is 4.57 Å². The zero-order valence-electron chi connectivity index (χ0n) is 17.7. The molecule has 0 atom stereocenters. The zero-order chi connectivity index (χ0) is 24.7. The topological polar surface area (TPSA) is 29.7 Å². The third kappa shape index (κ3) is 10.4. The van der Waals surface area contributed by atoms with Crippen molar-refractivity contribution in [1.82, 2.24) is 9.97 Å². The zero-order valence-corrected chi connectivity index (χ0v) is 18.6. The van der Waals surface area contributed by atoms with Crippen molar-refractivity contribution in [2.45, 2.75) is 6.54 Å². The van der Waals surface area contributed by atoms with Gasteiger partial charge in [0.25, 0.3) is 0 Å². The van der Waals surface area contributed by atoms with Gasteiger partial charge in [-0.2, -0.15) is 0 Å². The fourth-order valence-electron chi connectivity index (χ4n) is 2.91. The molecule has 0 fully saturated rings. The second-order valence-corrected chi connectivity index (χ2v) is 9.23. The van der Waals surface area contributed by atoms with Crippen LogP contribution < -0.4 is 4.57 Å². The van der Waals surface area contributed by atoms with Crippen molar-refractivity contribution in [2.24, 2.45) is 0 Å². The molecule has 0 spiro atoms. The van der Waals surface area contributed by atoms with Crippen molar-refractivity contribution in [3.05, 3.63) is 115 Å². The van der Waals surface area contributed by atoms with E-state index in [2.05, 4.69) is 75.5 Å². The number of benzene rings is 1. The Kier molecular flexibility index (Phi) is 6.89. The van der Waals surface area contributed by atoms with Gasteiger partial charge < -0.3 is 0 Å². The van der Waals surface area contributed by atoms with Gasteiger partial charge in [0.05, 0.1) is 0 Å². The number of pyridine rings is 3. The van der Waals surface area contributed by atoms with Crippen molar-refractivity contribution in [3.63, 3.8) is 0 Å². The molecule has 3 heterocycles. The summed E-state index contributed by atoms with van der Waals surface area (Å²) in [4.78, 5) is 8.11. The monoisotopic (exact) mass is 495 g/mol. The minimum atomic E-state index is -10.7. The molecule has 178 valence electrons. The van der Waals surface area contributed by atoms with Crippen LogP contribution in [0.5, 0.6) is 0 Å². The van der Waals surface area contributed by atoms with E-state index < -0.39 is 7.81 Å². The van der Waals surface area contributed by atoms with Crippen LogP contribution >= 0.6 is 7.81 Å². The van der Waals surface area contributed by atoms with Crippen molar-refractivity contribution in [1.29, 1.82) is 0 Å². The Morgan fingerprint density at radius 1 is 0.588 bits per heavy atom. The van der Waals surface area contributed by atoms with Crippen LogP contribution in [-0.4, -0.2) is 9.97 Å².